The summed E-state index contributed by atoms with van der Waals surface area (Å²) < 4.78 is 10.9. The van der Waals surface area contributed by atoms with Crippen molar-refractivity contribution in [3.8, 4) is 0 Å². The quantitative estimate of drug-likeness (QED) is 0.836. The molecule has 1 unspecified atom stereocenters. The first-order valence-electron chi connectivity index (χ1n) is 8.65. The molecule has 2 aliphatic heterocycles. The summed E-state index contributed by atoms with van der Waals surface area (Å²) in [5.41, 5.74) is 0.252. The second kappa shape index (κ2) is 7.05. The van der Waals surface area contributed by atoms with Gasteiger partial charge in [-0.15, -0.1) is 0 Å². The normalized spacial score (nSPS) is 26.2. The fourth-order valence-corrected chi connectivity index (χ4v) is 4.08. The van der Waals surface area contributed by atoms with E-state index >= 15 is 0 Å². The summed E-state index contributed by atoms with van der Waals surface area (Å²) in [5.74, 6) is 2.30. The molecule has 3 rings (SSSR count). The molecule has 1 aromatic heterocycles. The predicted octanol–water partition coefficient (Wildman–Crippen LogP) is 2.44. The Morgan fingerprint density at radius 1 is 1.30 bits per heavy atom. The Hall–Kier alpha value is -1.33. The number of methoxy groups -OCH3 is 1. The molecule has 128 valence electrons. The van der Waals surface area contributed by atoms with Gasteiger partial charge in [0.05, 0.1) is 13.2 Å². The lowest BCUT2D eigenvalue weighted by atomic mass is 9.73. The van der Waals surface area contributed by atoms with Gasteiger partial charge in [0, 0.05) is 38.6 Å². The third-order valence-electron chi connectivity index (χ3n) is 5.23. The molecule has 0 saturated carbocycles. The lowest BCUT2D eigenvalue weighted by Crippen LogP contribution is -2.54. The average molecular weight is 320 g/mol. The second-order valence-corrected chi connectivity index (χ2v) is 7.13. The smallest absolute Gasteiger partial charge is 0.222 e. The van der Waals surface area contributed by atoms with E-state index < -0.39 is 0 Å². The van der Waals surface area contributed by atoms with Crippen molar-refractivity contribution in [2.75, 3.05) is 39.9 Å². The van der Waals surface area contributed by atoms with Gasteiger partial charge in [-0.2, -0.15) is 0 Å². The highest BCUT2D eigenvalue weighted by atomic mass is 16.5. The minimum absolute atomic E-state index is 0.252. The van der Waals surface area contributed by atoms with Gasteiger partial charge in [0.1, 0.15) is 11.5 Å². The number of furan rings is 1. The van der Waals surface area contributed by atoms with Crippen molar-refractivity contribution in [1.82, 2.24) is 9.80 Å². The molecule has 3 heterocycles. The summed E-state index contributed by atoms with van der Waals surface area (Å²) in [6.45, 7) is 7.26. The van der Waals surface area contributed by atoms with Crippen LogP contribution in [-0.2, 0) is 16.1 Å². The van der Waals surface area contributed by atoms with Crippen LogP contribution >= 0.6 is 0 Å². The van der Waals surface area contributed by atoms with Gasteiger partial charge < -0.3 is 14.1 Å². The van der Waals surface area contributed by atoms with Gasteiger partial charge in [0.25, 0.3) is 0 Å². The molecule has 2 aliphatic rings. The number of amides is 1. The molecule has 0 N–H and O–H groups in total. The molecule has 1 spiro atoms. The minimum Gasteiger partial charge on any atom is -0.465 e. The first-order valence-corrected chi connectivity index (χ1v) is 8.65. The Morgan fingerprint density at radius 3 is 2.91 bits per heavy atom. The summed E-state index contributed by atoms with van der Waals surface area (Å²) in [6, 6.07) is 4.10. The maximum Gasteiger partial charge on any atom is 0.222 e. The monoisotopic (exact) mass is 320 g/mol. The number of hydrogen-bond donors (Lipinski definition) is 0. The minimum atomic E-state index is 0.252. The van der Waals surface area contributed by atoms with E-state index in [9.17, 15) is 4.79 Å². The number of piperidine rings is 2. The number of ether oxygens (including phenoxy) is 1. The topological polar surface area (TPSA) is 45.9 Å². The standard InChI is InChI=1S/C18H28N2O3/c1-15-4-5-16(23-15)12-19-9-3-7-18(13-19)8-6-17(21)20(14-18)10-11-22-2/h4-5H,3,6-14H2,1-2H3. The summed E-state index contributed by atoms with van der Waals surface area (Å²) in [5, 5.41) is 0. The lowest BCUT2D eigenvalue weighted by molar-refractivity contribution is -0.140. The highest BCUT2D eigenvalue weighted by molar-refractivity contribution is 5.77. The molecular formula is C18H28N2O3. The Labute approximate surface area is 138 Å². The Kier molecular flexibility index (Phi) is 5.07. The first-order chi connectivity index (χ1) is 11.1. The number of carbonyl (C=O) groups is 1. The third-order valence-corrected chi connectivity index (χ3v) is 5.23. The van der Waals surface area contributed by atoms with E-state index in [2.05, 4.69) is 11.0 Å². The number of likely N-dealkylation sites (tertiary alicyclic amines) is 2. The van der Waals surface area contributed by atoms with E-state index in [1.54, 1.807) is 7.11 Å². The molecule has 5 nitrogen and oxygen atoms in total. The SMILES string of the molecule is COCCN1CC2(CCCN(Cc3ccc(C)o3)C2)CCC1=O. The lowest BCUT2D eigenvalue weighted by Gasteiger charge is -2.48. The van der Waals surface area contributed by atoms with Gasteiger partial charge in [-0.25, -0.2) is 0 Å². The van der Waals surface area contributed by atoms with Crippen LogP contribution in [0, 0.1) is 12.3 Å². The summed E-state index contributed by atoms with van der Waals surface area (Å²) in [4.78, 5) is 16.6. The van der Waals surface area contributed by atoms with Crippen LogP contribution in [-0.4, -0.2) is 55.6 Å². The van der Waals surface area contributed by atoms with Crippen LogP contribution in [0.25, 0.3) is 0 Å². The highest BCUT2D eigenvalue weighted by Crippen LogP contribution is 2.39. The molecule has 5 heteroatoms. The zero-order chi connectivity index (χ0) is 16.3. The van der Waals surface area contributed by atoms with Crippen molar-refractivity contribution < 1.29 is 13.9 Å². The summed E-state index contributed by atoms with van der Waals surface area (Å²) >= 11 is 0. The molecule has 2 fully saturated rings. The molecule has 1 aromatic rings. The number of rotatable bonds is 5. The number of carbonyl (C=O) groups excluding carboxylic acids is 1. The Morgan fingerprint density at radius 2 is 2.17 bits per heavy atom. The van der Waals surface area contributed by atoms with Crippen molar-refractivity contribution in [3.63, 3.8) is 0 Å². The van der Waals surface area contributed by atoms with E-state index in [1.165, 1.54) is 12.8 Å². The number of aryl methyl sites for hydroxylation is 1. The van der Waals surface area contributed by atoms with Crippen LogP contribution in [0.4, 0.5) is 0 Å². The van der Waals surface area contributed by atoms with Crippen molar-refractivity contribution in [3.05, 3.63) is 23.7 Å². The largest absolute Gasteiger partial charge is 0.465 e. The summed E-state index contributed by atoms with van der Waals surface area (Å²) in [7, 11) is 1.69. The van der Waals surface area contributed by atoms with Crippen LogP contribution in [0.2, 0.25) is 0 Å². The van der Waals surface area contributed by atoms with Gasteiger partial charge in [0.2, 0.25) is 5.91 Å². The average Bonchev–Trinajstić information content (AvgIpc) is 2.94. The molecule has 0 aromatic carbocycles. The summed E-state index contributed by atoms with van der Waals surface area (Å²) in [6.07, 6.45) is 4.11. The van der Waals surface area contributed by atoms with E-state index in [0.717, 1.165) is 44.1 Å². The van der Waals surface area contributed by atoms with Crippen LogP contribution < -0.4 is 0 Å². The zero-order valence-electron chi connectivity index (χ0n) is 14.3. The zero-order valence-corrected chi connectivity index (χ0v) is 14.3. The van der Waals surface area contributed by atoms with Crippen LogP contribution in [0.15, 0.2) is 16.5 Å². The fraction of sp³-hybridized carbons (Fsp3) is 0.722. The van der Waals surface area contributed by atoms with Crippen LogP contribution in [0.1, 0.15) is 37.2 Å². The Balaban J connectivity index is 1.63. The number of hydrogen-bond acceptors (Lipinski definition) is 4. The van der Waals surface area contributed by atoms with Crippen LogP contribution in [0.3, 0.4) is 0 Å². The number of nitrogens with zero attached hydrogens (tertiary/aromatic N) is 2. The van der Waals surface area contributed by atoms with E-state index in [0.29, 0.717) is 19.6 Å². The first kappa shape index (κ1) is 16.5. The highest BCUT2D eigenvalue weighted by Gasteiger charge is 2.41. The molecule has 2 saturated heterocycles. The molecule has 0 aliphatic carbocycles. The maximum atomic E-state index is 12.1. The molecule has 0 bridgehead atoms. The van der Waals surface area contributed by atoms with Crippen molar-refractivity contribution in [1.29, 1.82) is 0 Å². The Bertz CT molecular complexity index is 542. The van der Waals surface area contributed by atoms with E-state index in [-0.39, 0.29) is 11.3 Å². The van der Waals surface area contributed by atoms with E-state index in [4.69, 9.17) is 9.15 Å². The van der Waals surface area contributed by atoms with E-state index in [1.807, 2.05) is 17.9 Å². The van der Waals surface area contributed by atoms with Gasteiger partial charge in [-0.05, 0) is 44.9 Å². The third kappa shape index (κ3) is 3.96. The fourth-order valence-electron chi connectivity index (χ4n) is 4.08. The molecule has 23 heavy (non-hydrogen) atoms. The van der Waals surface area contributed by atoms with Crippen molar-refractivity contribution in [2.45, 2.75) is 39.2 Å². The predicted molar refractivity (Wildman–Crippen MR) is 88.1 cm³/mol. The van der Waals surface area contributed by atoms with Gasteiger partial charge in [0.15, 0.2) is 0 Å². The molecular weight excluding hydrogens is 292 g/mol. The van der Waals surface area contributed by atoms with Gasteiger partial charge in [-0.1, -0.05) is 0 Å². The van der Waals surface area contributed by atoms with Crippen molar-refractivity contribution in [2.24, 2.45) is 5.41 Å². The maximum absolute atomic E-state index is 12.1. The van der Waals surface area contributed by atoms with Gasteiger partial charge in [-0.3, -0.25) is 9.69 Å². The van der Waals surface area contributed by atoms with Crippen molar-refractivity contribution >= 4 is 5.91 Å². The molecule has 1 amide bonds. The second-order valence-electron chi connectivity index (χ2n) is 7.13. The van der Waals surface area contributed by atoms with Gasteiger partial charge >= 0.3 is 0 Å². The molecule has 0 radical (unpaired) electrons. The molecule has 1 atom stereocenters. The van der Waals surface area contributed by atoms with Crippen LogP contribution in [0.5, 0.6) is 0 Å².